The minimum absolute atomic E-state index is 0.105. The molecule has 0 amide bonds. The van der Waals surface area contributed by atoms with Crippen LogP contribution in [0.3, 0.4) is 0 Å². The Balaban J connectivity index is 5.22. The highest BCUT2D eigenvalue weighted by molar-refractivity contribution is 7.47. The average Bonchev–Trinajstić information content (AvgIpc) is 3.55. The Bertz CT molecular complexity index is 1820. The van der Waals surface area contributed by atoms with Gasteiger partial charge in [0.2, 0.25) is 0 Å². The van der Waals surface area contributed by atoms with E-state index < -0.39 is 97.5 Å². The van der Waals surface area contributed by atoms with Crippen molar-refractivity contribution in [3.8, 4) is 0 Å². The third kappa shape index (κ3) is 65.4. The fourth-order valence-electron chi connectivity index (χ4n) is 11.0. The van der Waals surface area contributed by atoms with Gasteiger partial charge in [-0.1, -0.05) is 312 Å². The number of aliphatic hydroxyl groups is 1. The molecule has 0 saturated carbocycles. The fraction of sp³-hybridized carbons (Fsp3) is 0.945. The molecule has 0 spiro atoms. The zero-order valence-corrected chi connectivity index (χ0v) is 62.0. The first-order chi connectivity index (χ1) is 44.1. The molecule has 0 aromatic heterocycles. The molecule has 0 bridgehead atoms. The van der Waals surface area contributed by atoms with E-state index in [-0.39, 0.29) is 25.7 Å². The smallest absolute Gasteiger partial charge is 0.462 e. The summed E-state index contributed by atoms with van der Waals surface area (Å²) in [5, 5.41) is 10.6. The molecule has 0 aromatic rings. The van der Waals surface area contributed by atoms with Crippen molar-refractivity contribution in [1.82, 2.24) is 0 Å². The van der Waals surface area contributed by atoms with Crippen LogP contribution in [0.15, 0.2) is 0 Å². The van der Waals surface area contributed by atoms with E-state index in [1.807, 2.05) is 0 Å². The normalized spacial score (nSPS) is 14.5. The van der Waals surface area contributed by atoms with Gasteiger partial charge in [0.05, 0.1) is 26.4 Å². The number of ether oxygens (including phenoxy) is 4. The van der Waals surface area contributed by atoms with Gasteiger partial charge in [0, 0.05) is 25.7 Å². The summed E-state index contributed by atoms with van der Waals surface area (Å²) in [5.74, 6) is 0.877. The molecule has 546 valence electrons. The topological polar surface area (TPSA) is 237 Å². The van der Waals surface area contributed by atoms with Gasteiger partial charge in [-0.2, -0.15) is 0 Å². The molecular weight excluding hydrogens is 1210 g/mol. The molecule has 0 fully saturated rings. The minimum Gasteiger partial charge on any atom is -0.462 e. The van der Waals surface area contributed by atoms with Gasteiger partial charge in [-0.25, -0.2) is 9.13 Å². The van der Waals surface area contributed by atoms with Gasteiger partial charge >= 0.3 is 39.5 Å². The number of aliphatic hydroxyl groups excluding tert-OH is 1. The molecule has 3 unspecified atom stereocenters. The highest BCUT2D eigenvalue weighted by Gasteiger charge is 2.30. The van der Waals surface area contributed by atoms with E-state index in [0.717, 1.165) is 120 Å². The van der Waals surface area contributed by atoms with Crippen molar-refractivity contribution in [2.75, 3.05) is 39.6 Å². The number of unbranched alkanes of at least 4 members (excludes halogenated alkanes) is 35. The lowest BCUT2D eigenvalue weighted by Gasteiger charge is -2.21. The SMILES string of the molecule is CCC(C)CCCCCCCCC(=O)OC[C@H](COP(=O)(O)OC[C@H](O)COP(=O)(O)OC[C@@H](COC(=O)CCCCCCCCCC(C)C)OC(=O)CCCCCCCCCCCCCC(C)C)OC(=O)CCCCCCCCCCCCCCCCCC(C)C. The minimum atomic E-state index is -4.95. The molecule has 3 N–H and O–H groups in total. The van der Waals surface area contributed by atoms with Crippen molar-refractivity contribution in [3.63, 3.8) is 0 Å². The lowest BCUT2D eigenvalue weighted by Crippen LogP contribution is -2.30. The Morgan fingerprint density at radius 2 is 0.522 bits per heavy atom. The van der Waals surface area contributed by atoms with Crippen LogP contribution in [0.2, 0.25) is 0 Å². The zero-order valence-electron chi connectivity index (χ0n) is 60.2. The van der Waals surface area contributed by atoms with Gasteiger partial charge in [0.25, 0.3) is 0 Å². The number of carbonyl (C=O) groups excluding carboxylic acids is 4. The predicted octanol–water partition coefficient (Wildman–Crippen LogP) is 20.9. The van der Waals surface area contributed by atoms with Crippen LogP contribution in [0.1, 0.15) is 364 Å². The fourth-order valence-corrected chi connectivity index (χ4v) is 12.6. The third-order valence-corrected chi connectivity index (χ3v) is 19.1. The Kier molecular flexibility index (Phi) is 61.3. The van der Waals surface area contributed by atoms with E-state index in [1.165, 1.54) is 154 Å². The number of esters is 4. The number of phosphoric acid groups is 2. The second-order valence-electron chi connectivity index (χ2n) is 28.0. The van der Waals surface area contributed by atoms with Gasteiger partial charge in [-0.15, -0.1) is 0 Å². The van der Waals surface area contributed by atoms with Gasteiger partial charge in [-0.05, 0) is 49.4 Å². The van der Waals surface area contributed by atoms with E-state index in [1.54, 1.807) is 0 Å². The van der Waals surface area contributed by atoms with Crippen LogP contribution in [0.25, 0.3) is 0 Å². The van der Waals surface area contributed by atoms with Gasteiger partial charge in [-0.3, -0.25) is 37.3 Å². The van der Waals surface area contributed by atoms with Crippen molar-refractivity contribution >= 4 is 39.5 Å². The quantitative estimate of drug-likeness (QED) is 0.0222. The summed E-state index contributed by atoms with van der Waals surface area (Å²) in [5.41, 5.74) is 0. The van der Waals surface area contributed by atoms with Crippen LogP contribution in [-0.2, 0) is 65.4 Å². The number of rotatable bonds is 70. The van der Waals surface area contributed by atoms with Gasteiger partial charge in [0.15, 0.2) is 12.2 Å². The van der Waals surface area contributed by atoms with Crippen molar-refractivity contribution in [2.24, 2.45) is 23.7 Å². The number of phosphoric ester groups is 2. The molecule has 92 heavy (non-hydrogen) atoms. The first-order valence-corrected chi connectivity index (χ1v) is 40.7. The van der Waals surface area contributed by atoms with Crippen molar-refractivity contribution < 1.29 is 80.2 Å². The first-order valence-electron chi connectivity index (χ1n) is 37.7. The Hall–Kier alpha value is -1.94. The van der Waals surface area contributed by atoms with Gasteiger partial charge in [0.1, 0.15) is 19.3 Å². The molecule has 19 heteroatoms. The van der Waals surface area contributed by atoms with Crippen LogP contribution in [0.5, 0.6) is 0 Å². The Morgan fingerprint density at radius 1 is 0.304 bits per heavy atom. The van der Waals surface area contributed by atoms with Crippen molar-refractivity contribution in [1.29, 1.82) is 0 Å². The maximum atomic E-state index is 13.0. The zero-order chi connectivity index (χ0) is 68.2. The summed E-state index contributed by atoms with van der Waals surface area (Å²) in [6.07, 6.45) is 45.9. The Morgan fingerprint density at radius 3 is 0.772 bits per heavy atom. The highest BCUT2D eigenvalue weighted by Crippen LogP contribution is 2.45. The second-order valence-corrected chi connectivity index (χ2v) is 30.9. The average molecular weight is 1350 g/mol. The number of carbonyl (C=O) groups is 4. The lowest BCUT2D eigenvalue weighted by molar-refractivity contribution is -0.161. The largest absolute Gasteiger partial charge is 0.472 e. The maximum Gasteiger partial charge on any atom is 0.472 e. The molecule has 0 aliphatic rings. The molecule has 6 atom stereocenters. The molecule has 0 aromatic carbocycles. The van der Waals surface area contributed by atoms with Crippen LogP contribution in [0, 0.1) is 23.7 Å². The standard InChI is InChI=1S/C73H142O17P2/c1-9-66(8)52-44-36-31-32-38-46-54-71(76)84-60-69(90-72(77)55-47-39-28-22-18-14-12-10-11-13-16-20-25-33-41-49-63(2)3)62-88-92(81,82)86-58-67(74)57-85-91(79,80)87-61-68(59-83-70(75)53-45-37-30-24-27-35-43-51-65(6)7)89-73(78)56-48-40-29-23-19-15-17-21-26-34-42-50-64(4)5/h63-69,74H,9-62H2,1-8H3,(H,79,80)(H,81,82)/t66?,67-,68-,69-/m1/s1. The van der Waals surface area contributed by atoms with Crippen molar-refractivity contribution in [2.45, 2.75) is 382 Å². The molecule has 0 aliphatic carbocycles. The third-order valence-electron chi connectivity index (χ3n) is 17.2. The van der Waals surface area contributed by atoms with Gasteiger partial charge < -0.3 is 33.8 Å². The van der Waals surface area contributed by atoms with Crippen LogP contribution >= 0.6 is 15.6 Å². The van der Waals surface area contributed by atoms with E-state index in [4.69, 9.17) is 37.0 Å². The molecule has 0 aliphatic heterocycles. The summed E-state index contributed by atoms with van der Waals surface area (Å²) in [6.45, 7) is 14.1. The van der Waals surface area contributed by atoms with E-state index in [2.05, 4.69) is 55.4 Å². The first kappa shape index (κ1) is 90.1. The molecule has 17 nitrogen and oxygen atoms in total. The summed E-state index contributed by atoms with van der Waals surface area (Å²) in [6, 6.07) is 0. The molecule has 0 saturated heterocycles. The summed E-state index contributed by atoms with van der Waals surface area (Å²) < 4.78 is 68.4. The summed E-state index contributed by atoms with van der Waals surface area (Å²) in [4.78, 5) is 72.6. The van der Waals surface area contributed by atoms with Crippen LogP contribution < -0.4 is 0 Å². The van der Waals surface area contributed by atoms with Crippen LogP contribution in [-0.4, -0.2) is 96.7 Å². The van der Waals surface area contributed by atoms with E-state index >= 15 is 0 Å². The lowest BCUT2D eigenvalue weighted by atomic mass is 10.00. The summed E-state index contributed by atoms with van der Waals surface area (Å²) in [7, 11) is -9.91. The molecule has 0 heterocycles. The second kappa shape index (κ2) is 62.6. The van der Waals surface area contributed by atoms with E-state index in [0.29, 0.717) is 31.6 Å². The monoisotopic (exact) mass is 1350 g/mol. The number of hydrogen-bond acceptors (Lipinski definition) is 15. The molecule has 0 rings (SSSR count). The van der Waals surface area contributed by atoms with Crippen LogP contribution in [0.4, 0.5) is 0 Å². The maximum absolute atomic E-state index is 13.0. The molecular formula is C73H142O17P2. The predicted molar refractivity (Wildman–Crippen MR) is 372 cm³/mol. The van der Waals surface area contributed by atoms with Crippen molar-refractivity contribution in [3.05, 3.63) is 0 Å². The highest BCUT2D eigenvalue weighted by atomic mass is 31.2. The summed E-state index contributed by atoms with van der Waals surface area (Å²) >= 11 is 0. The number of hydrogen-bond donors (Lipinski definition) is 3. The Labute approximate surface area is 562 Å². The molecule has 0 radical (unpaired) electrons. The van der Waals surface area contributed by atoms with E-state index in [9.17, 15) is 43.2 Å².